The van der Waals surface area contributed by atoms with E-state index in [2.05, 4.69) is 130 Å². The quantitative estimate of drug-likeness (QED) is 0.160. The van der Waals surface area contributed by atoms with Crippen molar-refractivity contribution in [3.63, 3.8) is 0 Å². The Bertz CT molecular complexity index is 4120. The standard InChI is InChI=1S/C62H40N6O2/c69-61-65(45-35-31-43(32-36-45)63-53-23-5-1-19-49(53)50-20-2-6-24-54(50)63)57-27-9-11-29-59(57)67(61)47-17-13-15-41(39-47)42-16-14-18-48(40-42)68-60-30-12-10-28-58(60)66(62(68)70)46-37-33-44(34-38-46)64-55-25-7-3-21-51(55)52-22-4-8-26-56(52)64/h1-40H. The molecule has 0 spiro atoms. The van der Waals surface area contributed by atoms with Gasteiger partial charge in [0.15, 0.2) is 0 Å². The molecule has 0 bridgehead atoms. The summed E-state index contributed by atoms with van der Waals surface area (Å²) in [4.78, 5) is 29.6. The van der Waals surface area contributed by atoms with Gasteiger partial charge in [-0.25, -0.2) is 9.59 Å². The number of hydrogen-bond acceptors (Lipinski definition) is 2. The minimum absolute atomic E-state index is 0.167. The molecule has 14 aromatic rings. The van der Waals surface area contributed by atoms with Gasteiger partial charge < -0.3 is 9.13 Å². The molecular formula is C62H40N6O2. The van der Waals surface area contributed by atoms with E-state index in [4.69, 9.17) is 0 Å². The van der Waals surface area contributed by atoms with Gasteiger partial charge in [-0.1, -0.05) is 121 Å². The SMILES string of the molecule is O=c1n(-c2ccc(-n3c4ccccc4c4ccccc43)cc2)c2ccccc2n1-c1cccc(-c2cccc(-n3c(=O)n(-c4ccc(-n5c6ccccc6c6ccccc65)cc4)c4ccccc43)c2)c1. The molecule has 330 valence electrons. The Kier molecular flexibility index (Phi) is 8.72. The van der Waals surface area contributed by atoms with Crippen molar-refractivity contribution >= 4 is 65.7 Å². The number of aromatic nitrogens is 6. The van der Waals surface area contributed by atoms with Crippen LogP contribution in [0.3, 0.4) is 0 Å². The molecule has 0 N–H and O–H groups in total. The Balaban J connectivity index is 0.826. The lowest BCUT2D eigenvalue weighted by Crippen LogP contribution is -2.22. The van der Waals surface area contributed by atoms with Crippen LogP contribution in [-0.4, -0.2) is 27.4 Å². The molecule has 0 amide bonds. The van der Waals surface area contributed by atoms with Gasteiger partial charge in [0, 0.05) is 32.9 Å². The van der Waals surface area contributed by atoms with E-state index < -0.39 is 0 Å². The summed E-state index contributed by atoms with van der Waals surface area (Å²) in [6.07, 6.45) is 0. The first-order valence-corrected chi connectivity index (χ1v) is 23.4. The molecule has 0 aliphatic heterocycles. The van der Waals surface area contributed by atoms with E-state index in [0.717, 1.165) is 89.4 Å². The largest absolute Gasteiger partial charge is 0.338 e. The second-order valence-electron chi connectivity index (χ2n) is 17.8. The monoisotopic (exact) mass is 900 g/mol. The van der Waals surface area contributed by atoms with Crippen molar-refractivity contribution in [3.8, 4) is 45.3 Å². The van der Waals surface area contributed by atoms with Crippen LogP contribution in [0, 0.1) is 0 Å². The molecule has 0 unspecified atom stereocenters. The average Bonchev–Trinajstić information content (AvgIpc) is 4.13. The van der Waals surface area contributed by atoms with Gasteiger partial charge in [-0.2, -0.15) is 0 Å². The summed E-state index contributed by atoms with van der Waals surface area (Å²) in [5.74, 6) is 0. The summed E-state index contributed by atoms with van der Waals surface area (Å²) < 4.78 is 11.7. The topological polar surface area (TPSA) is 63.7 Å². The van der Waals surface area contributed by atoms with Gasteiger partial charge in [0.05, 0.1) is 66.9 Å². The van der Waals surface area contributed by atoms with Crippen molar-refractivity contribution in [2.45, 2.75) is 0 Å². The average molecular weight is 901 g/mol. The molecule has 0 fully saturated rings. The van der Waals surface area contributed by atoms with Crippen molar-refractivity contribution < 1.29 is 0 Å². The third kappa shape index (κ3) is 5.90. The van der Waals surface area contributed by atoms with Gasteiger partial charge in [0.25, 0.3) is 0 Å². The summed E-state index contributed by atoms with van der Waals surface area (Å²) in [5.41, 5.74) is 14.3. The number of imidazole rings is 2. The molecule has 0 aliphatic carbocycles. The van der Waals surface area contributed by atoms with E-state index in [1.54, 1.807) is 18.3 Å². The van der Waals surface area contributed by atoms with E-state index in [1.807, 2.05) is 121 Å². The van der Waals surface area contributed by atoms with Gasteiger partial charge in [-0.05, 0) is 132 Å². The van der Waals surface area contributed by atoms with Crippen molar-refractivity contribution in [1.82, 2.24) is 27.4 Å². The lowest BCUT2D eigenvalue weighted by Gasteiger charge is -2.10. The van der Waals surface area contributed by atoms with Crippen molar-refractivity contribution in [2.75, 3.05) is 0 Å². The molecule has 0 saturated carbocycles. The first-order valence-electron chi connectivity index (χ1n) is 23.4. The maximum Gasteiger partial charge on any atom is 0.338 e. The first kappa shape index (κ1) is 39.5. The maximum absolute atomic E-state index is 14.8. The fraction of sp³-hybridized carbons (Fsp3) is 0. The Morgan fingerprint density at radius 2 is 0.443 bits per heavy atom. The van der Waals surface area contributed by atoms with Crippen molar-refractivity contribution in [3.05, 3.63) is 264 Å². The maximum atomic E-state index is 14.8. The van der Waals surface area contributed by atoms with Gasteiger partial charge in [0.2, 0.25) is 0 Å². The summed E-state index contributed by atoms with van der Waals surface area (Å²) in [6.45, 7) is 0. The summed E-state index contributed by atoms with van der Waals surface area (Å²) in [6, 6.07) is 82.3. The van der Waals surface area contributed by atoms with Crippen LogP contribution < -0.4 is 11.4 Å². The number of benzene rings is 10. The third-order valence-electron chi connectivity index (χ3n) is 13.9. The van der Waals surface area contributed by atoms with Crippen LogP contribution in [0.25, 0.3) is 111 Å². The highest BCUT2D eigenvalue weighted by atomic mass is 16.2. The lowest BCUT2D eigenvalue weighted by molar-refractivity contribution is 0.929. The highest BCUT2D eigenvalue weighted by molar-refractivity contribution is 6.10. The minimum atomic E-state index is -0.167. The Morgan fingerprint density at radius 3 is 0.743 bits per heavy atom. The van der Waals surface area contributed by atoms with Crippen LogP contribution in [0.4, 0.5) is 0 Å². The van der Waals surface area contributed by atoms with Crippen molar-refractivity contribution in [2.24, 2.45) is 0 Å². The molecule has 0 atom stereocenters. The highest BCUT2D eigenvalue weighted by Gasteiger charge is 2.20. The Labute approximate surface area is 400 Å². The molecule has 4 aromatic heterocycles. The zero-order valence-electron chi connectivity index (χ0n) is 37.6. The second kappa shape index (κ2) is 15.4. The van der Waals surface area contributed by atoms with Crippen LogP contribution in [0.15, 0.2) is 252 Å². The zero-order chi connectivity index (χ0) is 46.5. The zero-order valence-corrected chi connectivity index (χ0v) is 37.6. The molecule has 4 heterocycles. The second-order valence-corrected chi connectivity index (χ2v) is 17.8. The van der Waals surface area contributed by atoms with Gasteiger partial charge in [-0.15, -0.1) is 0 Å². The van der Waals surface area contributed by atoms with Crippen LogP contribution >= 0.6 is 0 Å². The number of para-hydroxylation sites is 8. The first-order chi connectivity index (χ1) is 34.6. The third-order valence-corrected chi connectivity index (χ3v) is 13.9. The van der Waals surface area contributed by atoms with Gasteiger partial charge in [-0.3, -0.25) is 18.3 Å². The normalized spacial score (nSPS) is 11.8. The molecule has 70 heavy (non-hydrogen) atoms. The smallest absolute Gasteiger partial charge is 0.309 e. The van der Waals surface area contributed by atoms with Crippen LogP contribution in [0.2, 0.25) is 0 Å². The summed E-state index contributed by atoms with van der Waals surface area (Å²) >= 11 is 0. The van der Waals surface area contributed by atoms with E-state index in [0.29, 0.717) is 0 Å². The fourth-order valence-electron chi connectivity index (χ4n) is 10.8. The molecule has 0 saturated heterocycles. The van der Waals surface area contributed by atoms with E-state index in [1.165, 1.54) is 21.5 Å². The summed E-state index contributed by atoms with van der Waals surface area (Å²) in [7, 11) is 0. The molecule has 8 nitrogen and oxygen atoms in total. The highest BCUT2D eigenvalue weighted by Crippen LogP contribution is 2.35. The molecule has 14 rings (SSSR count). The number of hydrogen-bond donors (Lipinski definition) is 0. The van der Waals surface area contributed by atoms with Crippen molar-refractivity contribution in [1.29, 1.82) is 0 Å². The van der Waals surface area contributed by atoms with E-state index >= 15 is 0 Å². The predicted molar refractivity (Wildman–Crippen MR) is 285 cm³/mol. The van der Waals surface area contributed by atoms with Crippen LogP contribution in [0.1, 0.15) is 0 Å². The Morgan fingerprint density at radius 1 is 0.200 bits per heavy atom. The molecule has 10 aromatic carbocycles. The van der Waals surface area contributed by atoms with E-state index in [9.17, 15) is 9.59 Å². The minimum Gasteiger partial charge on any atom is -0.309 e. The van der Waals surface area contributed by atoms with E-state index in [-0.39, 0.29) is 11.4 Å². The molecule has 0 aliphatic rings. The van der Waals surface area contributed by atoms with Gasteiger partial charge in [0.1, 0.15) is 0 Å². The number of rotatable bonds is 7. The summed E-state index contributed by atoms with van der Waals surface area (Å²) in [5, 5.41) is 4.80. The number of fused-ring (bicyclic) bond motifs is 8. The Hall–Kier alpha value is -9.66. The molecular weight excluding hydrogens is 861 g/mol. The van der Waals surface area contributed by atoms with Crippen LogP contribution in [-0.2, 0) is 0 Å². The lowest BCUT2D eigenvalue weighted by atomic mass is 10.0. The van der Waals surface area contributed by atoms with Gasteiger partial charge >= 0.3 is 11.4 Å². The fourth-order valence-corrected chi connectivity index (χ4v) is 10.8. The predicted octanol–water partition coefficient (Wildman–Crippen LogP) is 13.7. The van der Waals surface area contributed by atoms with Crippen LogP contribution in [0.5, 0.6) is 0 Å². The number of nitrogens with zero attached hydrogens (tertiary/aromatic N) is 6. The molecule has 8 heteroatoms. The molecule has 0 radical (unpaired) electrons.